The third-order valence-corrected chi connectivity index (χ3v) is 5.56. The van der Waals surface area contributed by atoms with Crippen molar-refractivity contribution in [3.63, 3.8) is 0 Å². The van der Waals surface area contributed by atoms with Crippen LogP contribution in [-0.2, 0) is 0 Å². The third kappa shape index (κ3) is 3.12. The quantitative estimate of drug-likeness (QED) is 0.556. The number of rotatable bonds is 4. The largest absolute Gasteiger partial charge is 0.496 e. The lowest BCUT2D eigenvalue weighted by Gasteiger charge is -2.27. The molecular weight excluding hydrogens is 376 g/mol. The molecule has 2 N–H and O–H groups in total. The van der Waals surface area contributed by atoms with Crippen LogP contribution in [0.1, 0.15) is 19.3 Å². The average molecular weight is 400 g/mol. The fourth-order valence-electron chi connectivity index (χ4n) is 4.04. The lowest BCUT2D eigenvalue weighted by atomic mass is 10.1. The zero-order chi connectivity index (χ0) is 20.5. The van der Waals surface area contributed by atoms with Gasteiger partial charge < -0.3 is 15.4 Å². The molecule has 5 rings (SSSR count). The highest BCUT2D eigenvalue weighted by Gasteiger charge is 2.23. The van der Waals surface area contributed by atoms with E-state index < -0.39 is 0 Å². The lowest BCUT2D eigenvalue weighted by Crippen LogP contribution is -2.31. The van der Waals surface area contributed by atoms with Crippen LogP contribution in [0.4, 0.5) is 11.8 Å². The van der Waals surface area contributed by atoms with E-state index in [1.807, 2.05) is 54.6 Å². The van der Waals surface area contributed by atoms with Crippen LogP contribution in [0.25, 0.3) is 28.0 Å². The van der Waals surface area contributed by atoms with Crippen molar-refractivity contribution in [1.82, 2.24) is 19.7 Å². The topological polar surface area (TPSA) is 82.1 Å². The molecule has 0 bridgehead atoms. The fraction of sp³-hybridized carbons (Fsp3) is 0.261. The van der Waals surface area contributed by atoms with Crippen LogP contribution in [-0.4, -0.2) is 39.9 Å². The van der Waals surface area contributed by atoms with Gasteiger partial charge in [0.1, 0.15) is 11.6 Å². The van der Waals surface area contributed by atoms with Gasteiger partial charge in [0.25, 0.3) is 0 Å². The Morgan fingerprint density at radius 1 is 0.900 bits per heavy atom. The molecule has 4 aromatic rings. The molecule has 152 valence electrons. The lowest BCUT2D eigenvalue weighted by molar-refractivity contribution is 0.416. The Morgan fingerprint density at radius 3 is 2.40 bits per heavy atom. The smallest absolute Gasteiger partial charge is 0.228 e. The van der Waals surface area contributed by atoms with Gasteiger partial charge in [-0.25, -0.2) is 9.67 Å². The molecule has 0 atom stereocenters. The van der Waals surface area contributed by atoms with Gasteiger partial charge in [-0.15, -0.1) is 5.10 Å². The Balaban J connectivity index is 1.77. The molecule has 3 heterocycles. The molecule has 2 aromatic carbocycles. The van der Waals surface area contributed by atoms with Crippen molar-refractivity contribution in [2.24, 2.45) is 0 Å². The fourth-order valence-corrected chi connectivity index (χ4v) is 4.04. The maximum atomic E-state index is 6.60. The van der Waals surface area contributed by atoms with Gasteiger partial charge in [0.05, 0.1) is 23.9 Å². The summed E-state index contributed by atoms with van der Waals surface area (Å²) in [5.41, 5.74) is 9.70. The summed E-state index contributed by atoms with van der Waals surface area (Å²) in [5, 5.41) is 5.49. The summed E-state index contributed by atoms with van der Waals surface area (Å²) < 4.78 is 7.36. The number of ether oxygens (including phenoxy) is 1. The van der Waals surface area contributed by atoms with Gasteiger partial charge >= 0.3 is 0 Å². The summed E-state index contributed by atoms with van der Waals surface area (Å²) in [6, 6.07) is 17.7. The molecule has 0 radical (unpaired) electrons. The maximum absolute atomic E-state index is 6.60. The van der Waals surface area contributed by atoms with Crippen LogP contribution in [0.3, 0.4) is 0 Å². The first kappa shape index (κ1) is 18.4. The first-order valence-corrected chi connectivity index (χ1v) is 10.3. The van der Waals surface area contributed by atoms with Crippen LogP contribution in [0.5, 0.6) is 5.75 Å². The highest BCUT2D eigenvalue weighted by molar-refractivity contribution is 6.00. The Labute approximate surface area is 175 Å². The van der Waals surface area contributed by atoms with Gasteiger partial charge in [0, 0.05) is 18.7 Å². The van der Waals surface area contributed by atoms with E-state index in [4.69, 9.17) is 25.5 Å². The molecule has 0 amide bonds. The predicted octanol–water partition coefficient (Wildman–Crippen LogP) is 4.06. The van der Waals surface area contributed by atoms with Crippen molar-refractivity contribution in [1.29, 1.82) is 0 Å². The Bertz CT molecular complexity index is 1180. The molecule has 2 aromatic heterocycles. The molecule has 0 saturated carbocycles. The Kier molecular flexibility index (Phi) is 4.71. The number of hydrogen-bond acceptors (Lipinski definition) is 6. The van der Waals surface area contributed by atoms with Crippen molar-refractivity contribution in [3.05, 3.63) is 54.6 Å². The van der Waals surface area contributed by atoms with E-state index in [0.717, 1.165) is 54.0 Å². The number of piperidine rings is 1. The van der Waals surface area contributed by atoms with Crippen molar-refractivity contribution in [2.75, 3.05) is 30.8 Å². The molecule has 1 saturated heterocycles. The first-order chi connectivity index (χ1) is 14.8. The molecule has 0 unspecified atom stereocenters. The number of para-hydroxylation sites is 2. The van der Waals surface area contributed by atoms with E-state index in [2.05, 4.69) is 4.90 Å². The average Bonchev–Trinajstić information content (AvgIpc) is 3.16. The highest BCUT2D eigenvalue weighted by atomic mass is 16.5. The summed E-state index contributed by atoms with van der Waals surface area (Å²) in [6.07, 6.45) is 3.53. The second-order valence-corrected chi connectivity index (χ2v) is 7.45. The molecular formula is C23H24N6O. The summed E-state index contributed by atoms with van der Waals surface area (Å²) in [5.74, 6) is 1.96. The predicted molar refractivity (Wildman–Crippen MR) is 119 cm³/mol. The van der Waals surface area contributed by atoms with Gasteiger partial charge in [-0.1, -0.05) is 30.3 Å². The van der Waals surface area contributed by atoms with Crippen LogP contribution < -0.4 is 15.4 Å². The number of nitrogens with zero attached hydrogens (tertiary/aromatic N) is 5. The minimum Gasteiger partial charge on any atom is -0.496 e. The molecule has 0 spiro atoms. The summed E-state index contributed by atoms with van der Waals surface area (Å²) in [6.45, 7) is 1.90. The molecule has 0 aliphatic carbocycles. The number of fused-ring (bicyclic) bond motifs is 1. The number of nitrogens with two attached hydrogens (primary N) is 1. The summed E-state index contributed by atoms with van der Waals surface area (Å²) in [7, 11) is 1.67. The van der Waals surface area contributed by atoms with Crippen molar-refractivity contribution < 1.29 is 4.74 Å². The van der Waals surface area contributed by atoms with E-state index in [9.17, 15) is 0 Å². The zero-order valence-corrected chi connectivity index (χ0v) is 17.0. The molecule has 7 heteroatoms. The minimum atomic E-state index is 0.516. The SMILES string of the molecule is COc1ccccc1-c1nc(N2CCCCC2)nc2nn(-c3ccccc3)c(N)c12. The highest BCUT2D eigenvalue weighted by Crippen LogP contribution is 2.37. The third-order valence-electron chi connectivity index (χ3n) is 5.56. The second kappa shape index (κ2) is 7.67. The van der Waals surface area contributed by atoms with Gasteiger partial charge in [-0.05, 0) is 43.5 Å². The Morgan fingerprint density at radius 2 is 1.63 bits per heavy atom. The van der Waals surface area contributed by atoms with Gasteiger partial charge in [-0.2, -0.15) is 4.98 Å². The molecule has 1 aliphatic heterocycles. The number of nitrogen functional groups attached to an aromatic ring is 1. The van der Waals surface area contributed by atoms with Gasteiger partial charge in [0.15, 0.2) is 5.65 Å². The number of hydrogen-bond donors (Lipinski definition) is 1. The summed E-state index contributed by atoms with van der Waals surface area (Å²) in [4.78, 5) is 12.0. The number of anilines is 2. The van der Waals surface area contributed by atoms with Gasteiger partial charge in [-0.3, -0.25) is 0 Å². The normalized spacial score (nSPS) is 14.2. The van der Waals surface area contributed by atoms with Crippen molar-refractivity contribution >= 4 is 22.8 Å². The van der Waals surface area contributed by atoms with Crippen LogP contribution >= 0.6 is 0 Å². The first-order valence-electron chi connectivity index (χ1n) is 10.3. The van der Waals surface area contributed by atoms with Crippen LogP contribution in [0.15, 0.2) is 54.6 Å². The van der Waals surface area contributed by atoms with E-state index in [1.54, 1.807) is 11.8 Å². The van der Waals surface area contributed by atoms with Gasteiger partial charge in [0.2, 0.25) is 5.95 Å². The number of methoxy groups -OCH3 is 1. The standard InChI is InChI=1S/C23H24N6O/c1-30-18-13-7-6-12-17(18)20-19-21(24)29(16-10-4-2-5-11-16)27-22(19)26-23(25-20)28-14-8-3-9-15-28/h2,4-7,10-13H,3,8-9,14-15,24H2,1H3. The zero-order valence-electron chi connectivity index (χ0n) is 17.0. The molecule has 1 aliphatic rings. The van der Waals surface area contributed by atoms with E-state index >= 15 is 0 Å². The maximum Gasteiger partial charge on any atom is 0.228 e. The monoisotopic (exact) mass is 400 g/mol. The Hall–Kier alpha value is -3.61. The van der Waals surface area contributed by atoms with Crippen molar-refractivity contribution in [2.45, 2.75) is 19.3 Å². The van der Waals surface area contributed by atoms with E-state index in [-0.39, 0.29) is 0 Å². The second-order valence-electron chi connectivity index (χ2n) is 7.45. The van der Waals surface area contributed by atoms with Crippen molar-refractivity contribution in [3.8, 4) is 22.7 Å². The number of benzene rings is 2. The molecule has 1 fully saturated rings. The summed E-state index contributed by atoms with van der Waals surface area (Å²) >= 11 is 0. The van der Waals surface area contributed by atoms with Crippen LogP contribution in [0, 0.1) is 0 Å². The van der Waals surface area contributed by atoms with E-state index in [1.165, 1.54) is 6.42 Å². The number of aromatic nitrogens is 4. The molecule has 30 heavy (non-hydrogen) atoms. The molecule has 7 nitrogen and oxygen atoms in total. The van der Waals surface area contributed by atoms with E-state index in [0.29, 0.717) is 17.4 Å². The minimum absolute atomic E-state index is 0.516. The van der Waals surface area contributed by atoms with Crippen LogP contribution in [0.2, 0.25) is 0 Å².